The molecule has 0 N–H and O–H groups in total. The Morgan fingerprint density at radius 1 is 0.949 bits per heavy atom. The van der Waals surface area contributed by atoms with E-state index in [1.165, 1.54) is 11.1 Å². The maximum absolute atomic E-state index is 13.3. The van der Waals surface area contributed by atoms with Gasteiger partial charge < -0.3 is 19.1 Å². The molecule has 1 fully saturated rings. The highest BCUT2D eigenvalue weighted by atomic mass is 19.1. The van der Waals surface area contributed by atoms with Gasteiger partial charge in [0.1, 0.15) is 31.4 Å². The minimum Gasteiger partial charge on any atom is -0.491 e. The van der Waals surface area contributed by atoms with Crippen molar-refractivity contribution in [2.24, 2.45) is 5.92 Å². The first kappa shape index (κ1) is 26.9. The van der Waals surface area contributed by atoms with E-state index in [1.807, 2.05) is 29.2 Å². The Labute approximate surface area is 228 Å². The zero-order valence-corrected chi connectivity index (χ0v) is 22.0. The fourth-order valence-electron chi connectivity index (χ4n) is 5.58. The molecule has 0 aromatic heterocycles. The van der Waals surface area contributed by atoms with Gasteiger partial charge in [-0.25, -0.2) is 4.39 Å². The van der Waals surface area contributed by atoms with Crippen molar-refractivity contribution in [1.29, 1.82) is 0 Å². The highest BCUT2D eigenvalue weighted by Crippen LogP contribution is 2.39. The Hall–Kier alpha value is -3.71. The molecule has 0 bridgehead atoms. The number of ether oxygens (including phenoxy) is 3. The van der Waals surface area contributed by atoms with Gasteiger partial charge in [-0.2, -0.15) is 0 Å². The van der Waals surface area contributed by atoms with Gasteiger partial charge in [0, 0.05) is 36.6 Å². The van der Waals surface area contributed by atoms with Crippen LogP contribution in [0.1, 0.15) is 45.8 Å². The number of fused-ring (bicyclic) bond motifs is 1. The molecule has 2 heterocycles. The van der Waals surface area contributed by atoms with Crippen LogP contribution in [0.4, 0.5) is 4.39 Å². The van der Waals surface area contributed by atoms with Crippen LogP contribution in [0, 0.1) is 5.92 Å². The van der Waals surface area contributed by atoms with Crippen molar-refractivity contribution >= 4 is 11.7 Å². The number of hydrogen-bond acceptors (Lipinski definition) is 5. The third-order valence-electron chi connectivity index (χ3n) is 7.50. The van der Waals surface area contributed by atoms with E-state index in [2.05, 4.69) is 36.4 Å². The lowest BCUT2D eigenvalue weighted by molar-refractivity contribution is -0.121. The van der Waals surface area contributed by atoms with Gasteiger partial charge in [0.15, 0.2) is 5.78 Å². The van der Waals surface area contributed by atoms with Crippen molar-refractivity contribution in [1.82, 2.24) is 4.90 Å². The predicted molar refractivity (Wildman–Crippen MR) is 146 cm³/mol. The van der Waals surface area contributed by atoms with Crippen LogP contribution in [0.3, 0.4) is 0 Å². The highest BCUT2D eigenvalue weighted by molar-refractivity contribution is 5.95. The van der Waals surface area contributed by atoms with Crippen LogP contribution >= 0.6 is 0 Å². The minimum atomic E-state index is -0.492. The number of piperidine rings is 1. The molecule has 204 valence electrons. The van der Waals surface area contributed by atoms with Gasteiger partial charge in [0.05, 0.1) is 13.2 Å². The van der Waals surface area contributed by atoms with Crippen molar-refractivity contribution in [2.75, 3.05) is 46.2 Å². The fourth-order valence-corrected chi connectivity index (χ4v) is 5.58. The minimum absolute atomic E-state index is 0.00234. The van der Waals surface area contributed by atoms with Crippen LogP contribution < -0.4 is 9.47 Å². The van der Waals surface area contributed by atoms with Crippen LogP contribution in [0.15, 0.2) is 72.8 Å². The molecule has 6 nitrogen and oxygen atoms in total. The molecule has 0 radical (unpaired) electrons. The summed E-state index contributed by atoms with van der Waals surface area (Å²) in [4.78, 5) is 27.0. The second kappa shape index (κ2) is 12.9. The summed E-state index contributed by atoms with van der Waals surface area (Å²) < 4.78 is 28.5. The number of amides is 1. The molecule has 3 aromatic carbocycles. The molecule has 2 aliphatic heterocycles. The maximum Gasteiger partial charge on any atom is 0.253 e. The number of carbonyl (C=O) groups excluding carboxylic acids is 2. The third kappa shape index (κ3) is 6.66. The van der Waals surface area contributed by atoms with Crippen molar-refractivity contribution in [3.63, 3.8) is 0 Å². The van der Waals surface area contributed by atoms with Gasteiger partial charge in [0.2, 0.25) is 0 Å². The van der Waals surface area contributed by atoms with Gasteiger partial charge in [-0.3, -0.25) is 9.59 Å². The molecular weight excluding hydrogens is 497 g/mol. The van der Waals surface area contributed by atoms with Gasteiger partial charge in [-0.05, 0) is 60.2 Å². The first-order chi connectivity index (χ1) is 19.1. The molecule has 5 rings (SSSR count). The SMILES string of the molecule is O=C1COc2ccc(C(=O)N3CCC([C@@H](c4ccccc4)c4ccc(OCCOCCF)cc4)CC3)cc2C1. The van der Waals surface area contributed by atoms with E-state index in [4.69, 9.17) is 14.2 Å². The number of alkyl halides is 1. The Bertz CT molecular complexity index is 1260. The summed E-state index contributed by atoms with van der Waals surface area (Å²) in [6, 6.07) is 24.1. The van der Waals surface area contributed by atoms with E-state index >= 15 is 0 Å². The summed E-state index contributed by atoms with van der Waals surface area (Å²) in [5.41, 5.74) is 3.87. The summed E-state index contributed by atoms with van der Waals surface area (Å²) in [6.45, 7) is 1.79. The Balaban J connectivity index is 1.25. The Morgan fingerprint density at radius 3 is 2.44 bits per heavy atom. The maximum atomic E-state index is 13.3. The molecule has 1 amide bonds. The Morgan fingerprint density at radius 2 is 1.69 bits per heavy atom. The molecular formula is C32H34FNO5. The molecule has 39 heavy (non-hydrogen) atoms. The van der Waals surface area contributed by atoms with Crippen molar-refractivity contribution < 1.29 is 28.2 Å². The van der Waals surface area contributed by atoms with E-state index in [-0.39, 0.29) is 30.8 Å². The predicted octanol–water partition coefficient (Wildman–Crippen LogP) is 5.24. The van der Waals surface area contributed by atoms with Gasteiger partial charge in [-0.15, -0.1) is 0 Å². The molecule has 3 aromatic rings. The number of rotatable bonds is 10. The standard InChI is InChI=1S/C32H34FNO5/c33-14-17-37-18-19-38-29-9-6-24(7-10-29)31(23-4-2-1-3-5-23)25-12-15-34(16-13-25)32(36)26-8-11-30-27(20-26)21-28(35)22-39-30/h1-11,20,25,31H,12-19,21-22H2/t31-/m0/s1. The lowest BCUT2D eigenvalue weighted by atomic mass is 9.76. The third-order valence-corrected chi connectivity index (χ3v) is 7.50. The molecule has 1 saturated heterocycles. The van der Waals surface area contributed by atoms with E-state index < -0.39 is 6.67 Å². The van der Waals surface area contributed by atoms with Crippen molar-refractivity contribution in [2.45, 2.75) is 25.2 Å². The average Bonchev–Trinajstić information content (AvgIpc) is 2.98. The zero-order chi connectivity index (χ0) is 27.0. The molecule has 0 unspecified atom stereocenters. The fraction of sp³-hybridized carbons (Fsp3) is 0.375. The van der Waals surface area contributed by atoms with Gasteiger partial charge in [-0.1, -0.05) is 42.5 Å². The Kier molecular flexibility index (Phi) is 8.89. The van der Waals surface area contributed by atoms with Crippen LogP contribution in [0.25, 0.3) is 0 Å². The summed E-state index contributed by atoms with van der Waals surface area (Å²) in [5.74, 6) is 2.07. The molecule has 0 spiro atoms. The average molecular weight is 532 g/mol. The number of carbonyl (C=O) groups is 2. The van der Waals surface area contributed by atoms with Gasteiger partial charge >= 0.3 is 0 Å². The number of benzene rings is 3. The van der Waals surface area contributed by atoms with Crippen LogP contribution in [-0.2, 0) is 16.0 Å². The second-order valence-corrected chi connectivity index (χ2v) is 10.1. The molecule has 0 aliphatic carbocycles. The van der Waals surface area contributed by atoms with E-state index in [0.29, 0.717) is 50.0 Å². The number of Topliss-reactive ketones (excluding diaryl/α,β-unsaturated/α-hetero) is 1. The number of nitrogens with zero attached hydrogens (tertiary/aromatic N) is 1. The molecule has 0 saturated carbocycles. The largest absolute Gasteiger partial charge is 0.491 e. The quantitative estimate of drug-likeness (QED) is 0.335. The second-order valence-electron chi connectivity index (χ2n) is 10.1. The van der Waals surface area contributed by atoms with E-state index in [9.17, 15) is 14.0 Å². The van der Waals surface area contributed by atoms with E-state index in [0.717, 1.165) is 24.2 Å². The molecule has 2 aliphatic rings. The highest BCUT2D eigenvalue weighted by Gasteiger charge is 2.31. The topological polar surface area (TPSA) is 65.1 Å². The van der Waals surface area contributed by atoms with Crippen LogP contribution in [0.2, 0.25) is 0 Å². The number of ketones is 1. The van der Waals surface area contributed by atoms with Crippen molar-refractivity contribution in [3.05, 3.63) is 95.1 Å². The van der Waals surface area contributed by atoms with E-state index in [1.54, 1.807) is 12.1 Å². The summed E-state index contributed by atoms with van der Waals surface area (Å²) in [6.07, 6.45) is 2.10. The van der Waals surface area contributed by atoms with Gasteiger partial charge in [0.25, 0.3) is 5.91 Å². The van der Waals surface area contributed by atoms with Crippen LogP contribution in [0.5, 0.6) is 11.5 Å². The lowest BCUT2D eigenvalue weighted by Gasteiger charge is -2.37. The molecule has 7 heteroatoms. The monoisotopic (exact) mass is 531 g/mol. The number of likely N-dealkylation sites (tertiary alicyclic amines) is 1. The lowest BCUT2D eigenvalue weighted by Crippen LogP contribution is -2.40. The first-order valence-electron chi connectivity index (χ1n) is 13.6. The number of hydrogen-bond donors (Lipinski definition) is 0. The zero-order valence-electron chi connectivity index (χ0n) is 22.0. The summed E-state index contributed by atoms with van der Waals surface area (Å²) in [7, 11) is 0. The van der Waals surface area contributed by atoms with Crippen molar-refractivity contribution in [3.8, 4) is 11.5 Å². The summed E-state index contributed by atoms with van der Waals surface area (Å²) >= 11 is 0. The van der Waals surface area contributed by atoms with Crippen LogP contribution in [-0.4, -0.2) is 62.8 Å². The summed E-state index contributed by atoms with van der Waals surface area (Å²) in [5, 5.41) is 0. The smallest absolute Gasteiger partial charge is 0.253 e. The number of halogens is 1. The first-order valence-corrected chi connectivity index (χ1v) is 13.6. The normalized spacial score (nSPS) is 16.3. The molecule has 1 atom stereocenters.